The third-order valence-electron chi connectivity index (χ3n) is 3.04. The van der Waals surface area contributed by atoms with E-state index in [2.05, 4.69) is 0 Å². The Balaban J connectivity index is 2.28. The van der Waals surface area contributed by atoms with E-state index in [1.807, 2.05) is 26.0 Å². The summed E-state index contributed by atoms with van der Waals surface area (Å²) in [5.41, 5.74) is 3.22. The van der Waals surface area contributed by atoms with Gasteiger partial charge in [0.05, 0.1) is 0 Å². The third kappa shape index (κ3) is 3.21. The normalized spacial score (nSPS) is 10.5. The Morgan fingerprint density at radius 1 is 1.16 bits per heavy atom. The topological polar surface area (TPSA) is 17.1 Å². The van der Waals surface area contributed by atoms with Crippen LogP contribution >= 0.6 is 11.6 Å². The second kappa shape index (κ2) is 5.54. The van der Waals surface area contributed by atoms with Gasteiger partial charge < -0.3 is 0 Å². The summed E-state index contributed by atoms with van der Waals surface area (Å²) in [5, 5.41) is 0.416. The second-order valence-electron chi connectivity index (χ2n) is 4.65. The number of aryl methyl sites for hydroxylation is 2. The Kier molecular flexibility index (Phi) is 4.01. The highest BCUT2D eigenvalue weighted by atomic mass is 35.5. The average molecular weight is 277 g/mol. The maximum absolute atomic E-state index is 13.2. The zero-order chi connectivity index (χ0) is 14.0. The molecule has 1 nitrogen and oxygen atoms in total. The van der Waals surface area contributed by atoms with E-state index in [9.17, 15) is 9.18 Å². The van der Waals surface area contributed by atoms with Gasteiger partial charge in [0.15, 0.2) is 5.78 Å². The van der Waals surface area contributed by atoms with E-state index >= 15 is 0 Å². The highest BCUT2D eigenvalue weighted by molar-refractivity contribution is 6.31. The van der Waals surface area contributed by atoms with Crippen LogP contribution in [0.25, 0.3) is 0 Å². The van der Waals surface area contributed by atoms with Crippen molar-refractivity contribution in [3.05, 3.63) is 69.5 Å². The first-order chi connectivity index (χ1) is 8.97. The van der Waals surface area contributed by atoms with Crippen molar-refractivity contribution >= 4 is 17.4 Å². The molecule has 0 saturated carbocycles. The molecule has 0 heterocycles. The van der Waals surface area contributed by atoms with E-state index in [0.717, 1.165) is 11.1 Å². The molecule has 0 atom stereocenters. The van der Waals surface area contributed by atoms with Gasteiger partial charge in [-0.15, -0.1) is 0 Å². The summed E-state index contributed by atoms with van der Waals surface area (Å²) in [7, 11) is 0. The largest absolute Gasteiger partial charge is 0.294 e. The molecule has 98 valence electrons. The number of rotatable bonds is 3. The number of hydrogen-bond donors (Lipinski definition) is 0. The molecular formula is C16H14ClFO. The summed E-state index contributed by atoms with van der Waals surface area (Å²) >= 11 is 5.97. The first-order valence-electron chi connectivity index (χ1n) is 6.02. The molecule has 2 aromatic carbocycles. The van der Waals surface area contributed by atoms with Crippen molar-refractivity contribution in [1.29, 1.82) is 0 Å². The van der Waals surface area contributed by atoms with Gasteiger partial charge in [0.1, 0.15) is 5.82 Å². The quantitative estimate of drug-likeness (QED) is 0.753. The zero-order valence-electron chi connectivity index (χ0n) is 10.8. The molecule has 19 heavy (non-hydrogen) atoms. The lowest BCUT2D eigenvalue weighted by Gasteiger charge is -2.07. The van der Waals surface area contributed by atoms with Gasteiger partial charge >= 0.3 is 0 Å². The predicted molar refractivity (Wildman–Crippen MR) is 75.4 cm³/mol. The number of carbonyl (C=O) groups is 1. The Morgan fingerprint density at radius 3 is 2.58 bits per heavy atom. The molecule has 2 rings (SSSR count). The molecule has 2 aromatic rings. The van der Waals surface area contributed by atoms with E-state index in [1.165, 1.54) is 18.2 Å². The first kappa shape index (κ1) is 13.8. The lowest BCUT2D eigenvalue weighted by atomic mass is 9.98. The van der Waals surface area contributed by atoms with Crippen molar-refractivity contribution in [2.75, 3.05) is 0 Å². The van der Waals surface area contributed by atoms with Crippen LogP contribution in [0.4, 0.5) is 4.39 Å². The molecular weight excluding hydrogens is 263 g/mol. The molecule has 0 aliphatic carbocycles. The van der Waals surface area contributed by atoms with Crippen molar-refractivity contribution < 1.29 is 9.18 Å². The smallest absolute Gasteiger partial charge is 0.167 e. The fraction of sp³-hybridized carbons (Fsp3) is 0.188. The number of carbonyl (C=O) groups excluding carboxylic acids is 1. The lowest BCUT2D eigenvalue weighted by Crippen LogP contribution is -2.06. The monoisotopic (exact) mass is 276 g/mol. The SMILES string of the molecule is Cc1ccc(C(=O)Cc2cc(F)ccc2Cl)c(C)c1. The van der Waals surface area contributed by atoms with Crippen molar-refractivity contribution in [2.45, 2.75) is 20.3 Å². The summed E-state index contributed by atoms with van der Waals surface area (Å²) in [5.74, 6) is -0.433. The van der Waals surface area contributed by atoms with E-state index in [4.69, 9.17) is 11.6 Å². The number of ketones is 1. The number of Topliss-reactive ketones (excluding diaryl/α,β-unsaturated/α-hetero) is 1. The van der Waals surface area contributed by atoms with Gasteiger partial charge in [-0.2, -0.15) is 0 Å². The fourth-order valence-corrected chi connectivity index (χ4v) is 2.26. The lowest BCUT2D eigenvalue weighted by molar-refractivity contribution is 0.0992. The molecule has 0 bridgehead atoms. The fourth-order valence-electron chi connectivity index (χ4n) is 2.07. The summed E-state index contributed by atoms with van der Waals surface area (Å²) in [6.45, 7) is 3.87. The number of halogens is 2. The molecule has 0 N–H and O–H groups in total. The van der Waals surface area contributed by atoms with Gasteiger partial charge in [-0.05, 0) is 43.2 Å². The van der Waals surface area contributed by atoms with Gasteiger partial charge in [-0.1, -0.05) is 35.4 Å². The van der Waals surface area contributed by atoms with Crippen LogP contribution in [0.15, 0.2) is 36.4 Å². The summed E-state index contributed by atoms with van der Waals surface area (Å²) in [4.78, 5) is 12.2. The molecule has 0 aromatic heterocycles. The standard InChI is InChI=1S/C16H14ClFO/c1-10-3-5-14(11(2)7-10)16(19)9-12-8-13(18)4-6-15(12)17/h3-8H,9H2,1-2H3. The molecule has 0 amide bonds. The third-order valence-corrected chi connectivity index (χ3v) is 3.41. The van der Waals surface area contributed by atoms with Crippen molar-refractivity contribution in [3.8, 4) is 0 Å². The molecule has 0 aliphatic rings. The number of hydrogen-bond acceptors (Lipinski definition) is 1. The van der Waals surface area contributed by atoms with Crippen molar-refractivity contribution in [2.24, 2.45) is 0 Å². The Labute approximate surface area is 117 Å². The van der Waals surface area contributed by atoms with Crippen LogP contribution in [0.2, 0.25) is 5.02 Å². The highest BCUT2D eigenvalue weighted by Gasteiger charge is 2.12. The van der Waals surface area contributed by atoms with E-state index in [-0.39, 0.29) is 18.0 Å². The Morgan fingerprint density at radius 2 is 1.89 bits per heavy atom. The van der Waals surface area contributed by atoms with Gasteiger partial charge in [-0.25, -0.2) is 4.39 Å². The maximum Gasteiger partial charge on any atom is 0.167 e. The first-order valence-corrected chi connectivity index (χ1v) is 6.39. The summed E-state index contributed by atoms with van der Waals surface area (Å²) < 4.78 is 13.2. The van der Waals surface area contributed by atoms with E-state index in [0.29, 0.717) is 16.1 Å². The molecule has 0 spiro atoms. The van der Waals surface area contributed by atoms with Crippen LogP contribution in [0.3, 0.4) is 0 Å². The van der Waals surface area contributed by atoms with Crippen LogP contribution in [0.1, 0.15) is 27.0 Å². The molecule has 3 heteroatoms. The minimum Gasteiger partial charge on any atom is -0.294 e. The van der Waals surface area contributed by atoms with Gasteiger partial charge in [-0.3, -0.25) is 4.79 Å². The van der Waals surface area contributed by atoms with Crippen molar-refractivity contribution in [3.63, 3.8) is 0 Å². The molecule has 0 unspecified atom stereocenters. The highest BCUT2D eigenvalue weighted by Crippen LogP contribution is 2.20. The van der Waals surface area contributed by atoms with Crippen molar-refractivity contribution in [1.82, 2.24) is 0 Å². The van der Waals surface area contributed by atoms with Gasteiger partial charge in [0.2, 0.25) is 0 Å². The summed E-state index contributed by atoms with van der Waals surface area (Å²) in [6, 6.07) is 9.73. The van der Waals surface area contributed by atoms with Gasteiger partial charge in [0.25, 0.3) is 0 Å². The molecule has 0 radical (unpaired) electrons. The Hall–Kier alpha value is -1.67. The van der Waals surface area contributed by atoms with E-state index < -0.39 is 0 Å². The second-order valence-corrected chi connectivity index (χ2v) is 5.06. The van der Waals surface area contributed by atoms with Gasteiger partial charge in [0, 0.05) is 17.0 Å². The van der Waals surface area contributed by atoms with Crippen LogP contribution in [-0.4, -0.2) is 5.78 Å². The van der Waals surface area contributed by atoms with Crippen LogP contribution in [-0.2, 0) is 6.42 Å². The molecule has 0 fully saturated rings. The number of benzene rings is 2. The van der Waals surface area contributed by atoms with Crippen LogP contribution in [0.5, 0.6) is 0 Å². The van der Waals surface area contributed by atoms with Crippen LogP contribution < -0.4 is 0 Å². The summed E-state index contributed by atoms with van der Waals surface area (Å²) in [6.07, 6.45) is 0.112. The minimum atomic E-state index is -0.382. The van der Waals surface area contributed by atoms with E-state index in [1.54, 1.807) is 6.07 Å². The Bertz CT molecular complexity index is 635. The van der Waals surface area contributed by atoms with Crippen LogP contribution in [0, 0.1) is 19.7 Å². The molecule has 0 aliphatic heterocycles. The minimum absolute atomic E-state index is 0.0509. The molecule has 0 saturated heterocycles. The zero-order valence-corrected chi connectivity index (χ0v) is 11.6. The average Bonchev–Trinajstić information content (AvgIpc) is 2.33. The predicted octanol–water partition coefficient (Wildman–Crippen LogP) is 4.52. The maximum atomic E-state index is 13.2.